The smallest absolute Gasteiger partial charge is 0.272 e. The van der Waals surface area contributed by atoms with E-state index in [0.717, 1.165) is 16.5 Å². The van der Waals surface area contributed by atoms with Crippen molar-refractivity contribution in [1.29, 1.82) is 0 Å². The number of para-hydroxylation sites is 1. The Bertz CT molecular complexity index is 1400. The second-order valence-electron chi connectivity index (χ2n) is 8.36. The first-order valence-corrected chi connectivity index (χ1v) is 11.5. The Morgan fingerprint density at radius 2 is 1.51 bits per heavy atom. The van der Waals surface area contributed by atoms with Crippen LogP contribution in [0.15, 0.2) is 84.3 Å². The van der Waals surface area contributed by atoms with Crippen molar-refractivity contribution in [3.8, 4) is 11.1 Å². The molecular formula is C27H23N5O3. The largest absolute Gasteiger partial charge is 0.337 e. The van der Waals surface area contributed by atoms with Gasteiger partial charge in [-0.05, 0) is 41.9 Å². The monoisotopic (exact) mass is 465 g/mol. The molecule has 1 aliphatic heterocycles. The lowest BCUT2D eigenvalue weighted by Crippen LogP contribution is -2.37. The third-order valence-electron chi connectivity index (χ3n) is 6.22. The van der Waals surface area contributed by atoms with Crippen LogP contribution in [0.2, 0.25) is 0 Å². The standard InChI is InChI=1S/C27H23N5O3/c33-26(31-14-5-15-32(17-16-31)27(34)23-9-1-2-12-28-23)20-10-11-21(24(18-20)30-35)22-8-3-6-19-7-4-13-29-25(19)22/h1-4,6-13,18H,5,14-17H2. The number of rotatable bonds is 4. The maximum atomic E-state index is 13.3. The maximum Gasteiger partial charge on any atom is 0.272 e. The van der Waals surface area contributed by atoms with Gasteiger partial charge in [-0.2, -0.15) is 0 Å². The fourth-order valence-electron chi connectivity index (χ4n) is 4.45. The Morgan fingerprint density at radius 3 is 2.29 bits per heavy atom. The van der Waals surface area contributed by atoms with E-state index < -0.39 is 0 Å². The van der Waals surface area contributed by atoms with Gasteiger partial charge in [0.05, 0.1) is 5.52 Å². The minimum absolute atomic E-state index is 0.139. The Labute approximate surface area is 202 Å². The number of pyridine rings is 2. The van der Waals surface area contributed by atoms with Crippen LogP contribution in [-0.2, 0) is 0 Å². The predicted molar refractivity (Wildman–Crippen MR) is 133 cm³/mol. The van der Waals surface area contributed by atoms with Crippen molar-refractivity contribution in [2.75, 3.05) is 26.2 Å². The van der Waals surface area contributed by atoms with E-state index in [0.29, 0.717) is 49.4 Å². The van der Waals surface area contributed by atoms with Gasteiger partial charge in [0, 0.05) is 60.6 Å². The summed E-state index contributed by atoms with van der Waals surface area (Å²) >= 11 is 0. The van der Waals surface area contributed by atoms with Crippen molar-refractivity contribution in [2.45, 2.75) is 6.42 Å². The lowest BCUT2D eigenvalue weighted by molar-refractivity contribution is 0.0716. The molecule has 0 saturated carbocycles. The molecule has 35 heavy (non-hydrogen) atoms. The van der Waals surface area contributed by atoms with Crippen LogP contribution in [0.25, 0.3) is 22.0 Å². The molecule has 0 bridgehead atoms. The predicted octanol–water partition coefficient (Wildman–Crippen LogP) is 4.68. The van der Waals surface area contributed by atoms with Crippen molar-refractivity contribution in [2.24, 2.45) is 5.18 Å². The SMILES string of the molecule is O=Nc1cc(C(=O)N2CCCN(C(=O)c3ccccn3)CC2)ccc1-c1cccc2cccnc12. The molecular weight excluding hydrogens is 442 g/mol. The summed E-state index contributed by atoms with van der Waals surface area (Å²) in [5.41, 5.74) is 3.16. The number of aromatic nitrogens is 2. The average Bonchev–Trinajstić information content (AvgIpc) is 3.18. The molecule has 2 aromatic carbocycles. The number of hydrogen-bond donors (Lipinski definition) is 0. The van der Waals surface area contributed by atoms with Gasteiger partial charge in [-0.1, -0.05) is 36.4 Å². The third kappa shape index (κ3) is 4.50. The van der Waals surface area contributed by atoms with E-state index in [1.54, 1.807) is 52.5 Å². The zero-order chi connectivity index (χ0) is 24.2. The zero-order valence-corrected chi connectivity index (χ0v) is 19.0. The fraction of sp³-hybridized carbons (Fsp3) is 0.185. The fourth-order valence-corrected chi connectivity index (χ4v) is 4.45. The summed E-state index contributed by atoms with van der Waals surface area (Å²) in [6.07, 6.45) is 3.96. The van der Waals surface area contributed by atoms with Crippen molar-refractivity contribution >= 4 is 28.4 Å². The molecule has 0 unspecified atom stereocenters. The molecule has 1 fully saturated rings. The normalized spacial score (nSPS) is 13.9. The Kier molecular flexibility index (Phi) is 6.26. The van der Waals surface area contributed by atoms with Crippen LogP contribution in [0, 0.1) is 4.91 Å². The molecule has 0 radical (unpaired) electrons. The molecule has 0 atom stereocenters. The summed E-state index contributed by atoms with van der Waals surface area (Å²) in [7, 11) is 0. The minimum Gasteiger partial charge on any atom is -0.337 e. The number of amides is 2. The maximum absolute atomic E-state index is 13.3. The molecule has 0 N–H and O–H groups in total. The van der Waals surface area contributed by atoms with Gasteiger partial charge in [-0.25, -0.2) is 0 Å². The van der Waals surface area contributed by atoms with Gasteiger partial charge < -0.3 is 9.80 Å². The van der Waals surface area contributed by atoms with Crippen LogP contribution in [0.4, 0.5) is 5.69 Å². The molecule has 5 rings (SSSR count). The van der Waals surface area contributed by atoms with Crippen LogP contribution in [-0.4, -0.2) is 57.8 Å². The zero-order valence-electron chi connectivity index (χ0n) is 19.0. The highest BCUT2D eigenvalue weighted by Crippen LogP contribution is 2.35. The van der Waals surface area contributed by atoms with E-state index >= 15 is 0 Å². The Hall–Kier alpha value is -4.46. The molecule has 174 valence electrons. The van der Waals surface area contributed by atoms with Crippen LogP contribution < -0.4 is 0 Å². The molecule has 0 spiro atoms. The van der Waals surface area contributed by atoms with Gasteiger partial charge >= 0.3 is 0 Å². The van der Waals surface area contributed by atoms with Crippen molar-refractivity contribution in [3.63, 3.8) is 0 Å². The Balaban J connectivity index is 1.36. The number of carbonyl (C=O) groups excluding carboxylic acids is 2. The summed E-state index contributed by atoms with van der Waals surface area (Å²) < 4.78 is 0. The highest BCUT2D eigenvalue weighted by Gasteiger charge is 2.25. The van der Waals surface area contributed by atoms with Gasteiger partial charge in [-0.3, -0.25) is 19.6 Å². The van der Waals surface area contributed by atoms with Crippen LogP contribution in [0.1, 0.15) is 27.3 Å². The van der Waals surface area contributed by atoms with Crippen LogP contribution >= 0.6 is 0 Å². The van der Waals surface area contributed by atoms with Gasteiger partial charge in [0.25, 0.3) is 11.8 Å². The summed E-state index contributed by atoms with van der Waals surface area (Å²) in [6.45, 7) is 1.88. The topological polar surface area (TPSA) is 95.8 Å². The molecule has 1 saturated heterocycles. The van der Waals surface area contributed by atoms with Crippen molar-refractivity contribution in [3.05, 3.63) is 95.3 Å². The van der Waals surface area contributed by atoms with Crippen LogP contribution in [0.3, 0.4) is 0 Å². The minimum atomic E-state index is -0.190. The van der Waals surface area contributed by atoms with Gasteiger partial charge in [0.1, 0.15) is 11.4 Å². The molecule has 0 aliphatic carbocycles. The number of fused-ring (bicyclic) bond motifs is 1. The first-order valence-electron chi connectivity index (χ1n) is 11.5. The number of benzene rings is 2. The van der Waals surface area contributed by atoms with Crippen molar-refractivity contribution < 1.29 is 9.59 Å². The van der Waals surface area contributed by atoms with E-state index in [1.165, 1.54) is 6.07 Å². The lowest BCUT2D eigenvalue weighted by Gasteiger charge is -2.22. The highest BCUT2D eigenvalue weighted by molar-refractivity contribution is 6.00. The van der Waals surface area contributed by atoms with E-state index in [1.807, 2.05) is 30.3 Å². The van der Waals surface area contributed by atoms with E-state index in [9.17, 15) is 14.5 Å². The lowest BCUT2D eigenvalue weighted by atomic mass is 9.98. The first-order chi connectivity index (χ1) is 17.2. The second-order valence-corrected chi connectivity index (χ2v) is 8.36. The van der Waals surface area contributed by atoms with Gasteiger partial charge in [0.15, 0.2) is 0 Å². The molecule has 3 heterocycles. The number of nitrogens with zero attached hydrogens (tertiary/aromatic N) is 5. The molecule has 2 aromatic heterocycles. The number of carbonyl (C=O) groups is 2. The summed E-state index contributed by atoms with van der Waals surface area (Å²) in [5, 5.41) is 4.18. The molecule has 2 amide bonds. The van der Waals surface area contributed by atoms with E-state index in [-0.39, 0.29) is 17.5 Å². The quantitative estimate of drug-likeness (QED) is 0.408. The molecule has 4 aromatic rings. The Morgan fingerprint density at radius 1 is 0.743 bits per heavy atom. The van der Waals surface area contributed by atoms with Gasteiger partial charge in [-0.15, -0.1) is 4.91 Å². The van der Waals surface area contributed by atoms with Crippen molar-refractivity contribution in [1.82, 2.24) is 19.8 Å². The molecule has 8 nitrogen and oxygen atoms in total. The summed E-state index contributed by atoms with van der Waals surface area (Å²) in [4.78, 5) is 49.8. The highest BCUT2D eigenvalue weighted by atomic mass is 16.3. The van der Waals surface area contributed by atoms with Crippen LogP contribution in [0.5, 0.6) is 0 Å². The van der Waals surface area contributed by atoms with E-state index in [4.69, 9.17) is 0 Å². The number of nitroso groups, excluding NO2 is 1. The molecule has 1 aliphatic rings. The molecule has 8 heteroatoms. The summed E-state index contributed by atoms with van der Waals surface area (Å²) in [5.74, 6) is -0.329. The average molecular weight is 466 g/mol. The van der Waals surface area contributed by atoms with E-state index in [2.05, 4.69) is 15.1 Å². The third-order valence-corrected chi connectivity index (χ3v) is 6.22. The number of hydrogen-bond acceptors (Lipinski definition) is 6. The first kappa shape index (κ1) is 22.3. The second kappa shape index (κ2) is 9.80. The van der Waals surface area contributed by atoms with Gasteiger partial charge in [0.2, 0.25) is 0 Å². The summed E-state index contributed by atoms with van der Waals surface area (Å²) in [6, 6.07) is 19.8.